The first-order chi connectivity index (χ1) is 9.47. The maximum absolute atomic E-state index is 12.4. The van der Waals surface area contributed by atoms with Gasteiger partial charge in [0.25, 0.3) is 5.56 Å². The van der Waals surface area contributed by atoms with Crippen molar-refractivity contribution in [1.29, 1.82) is 0 Å². The first kappa shape index (κ1) is 14.0. The maximum Gasteiger partial charge on any atom is 0.331 e. The number of carbonyl (C=O) groups is 1. The zero-order chi connectivity index (χ0) is 14.9. The molecule has 0 saturated heterocycles. The van der Waals surface area contributed by atoms with Crippen LogP contribution in [0.4, 0.5) is 0 Å². The smallest absolute Gasteiger partial charge is 0.331 e. The molecule has 0 unspecified atom stereocenters. The zero-order valence-electron chi connectivity index (χ0n) is 11.8. The Bertz CT molecular complexity index is 771. The summed E-state index contributed by atoms with van der Waals surface area (Å²) in [6.45, 7) is 2.03. The molecule has 0 saturated carbocycles. The number of benzene rings is 1. The third-order valence-corrected chi connectivity index (χ3v) is 3.24. The van der Waals surface area contributed by atoms with Crippen LogP contribution in [-0.2, 0) is 17.9 Å². The second kappa shape index (κ2) is 5.32. The van der Waals surface area contributed by atoms with Gasteiger partial charge in [-0.15, -0.1) is 0 Å². The first-order valence-electron chi connectivity index (χ1n) is 6.40. The summed E-state index contributed by atoms with van der Waals surface area (Å²) in [7, 11) is 3.18. The molecule has 1 aromatic carbocycles. The summed E-state index contributed by atoms with van der Waals surface area (Å²) >= 11 is 0. The highest BCUT2D eigenvalue weighted by Crippen LogP contribution is 2.07. The molecule has 0 aliphatic carbocycles. The normalized spacial score (nSPS) is 10.8. The van der Waals surface area contributed by atoms with Crippen molar-refractivity contribution in [2.24, 2.45) is 0 Å². The lowest BCUT2D eigenvalue weighted by molar-refractivity contribution is -0.129. The summed E-state index contributed by atoms with van der Waals surface area (Å²) < 4.78 is 2.49. The molecule has 0 fully saturated rings. The number of hydrogen-bond acceptors (Lipinski definition) is 3. The Morgan fingerprint density at radius 2 is 1.80 bits per heavy atom. The number of hydrogen-bond donors (Lipinski definition) is 0. The molecule has 0 bridgehead atoms. The van der Waals surface area contributed by atoms with Crippen LogP contribution in [0.1, 0.15) is 6.92 Å². The molecule has 0 atom stereocenters. The average Bonchev–Trinajstić information content (AvgIpc) is 2.43. The highest BCUT2D eigenvalue weighted by molar-refractivity contribution is 5.79. The molecule has 0 N–H and O–H groups in total. The van der Waals surface area contributed by atoms with Crippen LogP contribution in [0.15, 0.2) is 33.9 Å². The summed E-state index contributed by atoms with van der Waals surface area (Å²) in [6, 6.07) is 6.93. The Balaban J connectivity index is 2.76. The van der Waals surface area contributed by atoms with E-state index in [-0.39, 0.29) is 12.5 Å². The summed E-state index contributed by atoms with van der Waals surface area (Å²) in [5, 5.41) is 0.445. The molecule has 106 valence electrons. The second-order valence-electron chi connectivity index (χ2n) is 4.72. The van der Waals surface area contributed by atoms with Crippen molar-refractivity contribution in [2.75, 3.05) is 14.1 Å². The average molecular weight is 275 g/mol. The SMILES string of the molecule is CCn1c(=O)n(CC(=O)N(C)C)c(=O)c2ccccc21. The van der Waals surface area contributed by atoms with Crippen molar-refractivity contribution < 1.29 is 4.79 Å². The largest absolute Gasteiger partial charge is 0.347 e. The topological polar surface area (TPSA) is 64.3 Å². The van der Waals surface area contributed by atoms with E-state index in [0.29, 0.717) is 17.4 Å². The molecular weight excluding hydrogens is 258 g/mol. The predicted octanol–water partition coefficient (Wildman–Crippen LogP) is 0.271. The van der Waals surface area contributed by atoms with E-state index < -0.39 is 11.2 Å². The monoisotopic (exact) mass is 275 g/mol. The van der Waals surface area contributed by atoms with E-state index in [1.807, 2.05) is 6.92 Å². The number of likely N-dealkylation sites (N-methyl/N-ethyl adjacent to an activating group) is 1. The highest BCUT2D eigenvalue weighted by Gasteiger charge is 2.15. The van der Waals surface area contributed by atoms with E-state index >= 15 is 0 Å². The van der Waals surface area contributed by atoms with Crippen LogP contribution in [0.2, 0.25) is 0 Å². The van der Waals surface area contributed by atoms with Gasteiger partial charge >= 0.3 is 5.69 Å². The third kappa shape index (κ3) is 2.24. The Hall–Kier alpha value is -2.37. The van der Waals surface area contributed by atoms with Crippen LogP contribution in [0.3, 0.4) is 0 Å². The molecular formula is C14H17N3O3. The fourth-order valence-electron chi connectivity index (χ4n) is 2.09. The minimum absolute atomic E-state index is 0.241. The molecule has 1 amide bonds. The van der Waals surface area contributed by atoms with Gasteiger partial charge in [-0.2, -0.15) is 0 Å². The van der Waals surface area contributed by atoms with Crippen molar-refractivity contribution in [3.05, 3.63) is 45.1 Å². The van der Waals surface area contributed by atoms with Gasteiger partial charge in [-0.25, -0.2) is 4.79 Å². The minimum atomic E-state index is -0.452. The van der Waals surface area contributed by atoms with Gasteiger partial charge in [-0.1, -0.05) is 12.1 Å². The molecule has 20 heavy (non-hydrogen) atoms. The van der Waals surface area contributed by atoms with E-state index in [1.165, 1.54) is 9.47 Å². The molecule has 2 aromatic rings. The Labute approximate surface area is 115 Å². The number of amides is 1. The lowest BCUT2D eigenvalue weighted by atomic mass is 10.2. The van der Waals surface area contributed by atoms with E-state index in [9.17, 15) is 14.4 Å². The van der Waals surface area contributed by atoms with Crippen LogP contribution in [0.25, 0.3) is 10.9 Å². The summed E-state index contributed by atoms with van der Waals surface area (Å²) in [5.41, 5.74) is -0.282. The Kier molecular flexibility index (Phi) is 3.74. The fraction of sp³-hybridized carbons (Fsp3) is 0.357. The van der Waals surface area contributed by atoms with Gasteiger partial charge in [0.1, 0.15) is 6.54 Å². The second-order valence-corrected chi connectivity index (χ2v) is 4.72. The molecule has 0 aliphatic heterocycles. The number of aryl methyl sites for hydroxylation is 1. The third-order valence-electron chi connectivity index (χ3n) is 3.24. The quantitative estimate of drug-likeness (QED) is 0.807. The van der Waals surface area contributed by atoms with E-state index in [1.54, 1.807) is 38.4 Å². The molecule has 0 aliphatic rings. The molecule has 1 aromatic heterocycles. The lowest BCUT2D eigenvalue weighted by Gasteiger charge is -2.14. The lowest BCUT2D eigenvalue weighted by Crippen LogP contribution is -2.43. The molecule has 0 radical (unpaired) electrons. The molecule has 6 heteroatoms. The zero-order valence-corrected chi connectivity index (χ0v) is 11.8. The molecule has 0 spiro atoms. The summed E-state index contributed by atoms with van der Waals surface area (Å²) in [5.74, 6) is -0.290. The van der Waals surface area contributed by atoms with Crippen molar-refractivity contribution >= 4 is 16.8 Å². The van der Waals surface area contributed by atoms with Gasteiger partial charge in [0.15, 0.2) is 0 Å². The number of rotatable bonds is 3. The van der Waals surface area contributed by atoms with E-state index in [0.717, 1.165) is 4.57 Å². The summed E-state index contributed by atoms with van der Waals surface area (Å²) in [6.07, 6.45) is 0. The van der Waals surface area contributed by atoms with Crippen molar-refractivity contribution in [2.45, 2.75) is 20.0 Å². The van der Waals surface area contributed by atoms with Crippen LogP contribution in [0, 0.1) is 0 Å². The van der Waals surface area contributed by atoms with Gasteiger partial charge in [0, 0.05) is 20.6 Å². The highest BCUT2D eigenvalue weighted by atomic mass is 16.2. The van der Waals surface area contributed by atoms with Gasteiger partial charge in [-0.3, -0.25) is 18.7 Å². The molecule has 1 heterocycles. The predicted molar refractivity (Wildman–Crippen MR) is 76.8 cm³/mol. The van der Waals surface area contributed by atoms with Gasteiger partial charge in [0.05, 0.1) is 10.9 Å². The Morgan fingerprint density at radius 3 is 2.40 bits per heavy atom. The maximum atomic E-state index is 12.4. The van der Waals surface area contributed by atoms with Crippen LogP contribution < -0.4 is 11.2 Å². The fourth-order valence-corrected chi connectivity index (χ4v) is 2.09. The standard InChI is InChI=1S/C14H17N3O3/c1-4-16-11-8-6-5-7-10(11)13(19)17(14(16)20)9-12(18)15(2)3/h5-8H,4,9H2,1-3H3. The summed E-state index contributed by atoms with van der Waals surface area (Å²) in [4.78, 5) is 37.8. The van der Waals surface area contributed by atoms with Gasteiger partial charge in [0.2, 0.25) is 5.91 Å². The first-order valence-corrected chi connectivity index (χ1v) is 6.40. The van der Waals surface area contributed by atoms with Gasteiger partial charge < -0.3 is 4.90 Å². The molecule has 2 rings (SSSR count). The van der Waals surface area contributed by atoms with E-state index in [4.69, 9.17) is 0 Å². The van der Waals surface area contributed by atoms with Crippen molar-refractivity contribution in [1.82, 2.24) is 14.0 Å². The number of fused-ring (bicyclic) bond motifs is 1. The van der Waals surface area contributed by atoms with Crippen LogP contribution in [-0.4, -0.2) is 34.0 Å². The number of nitrogens with zero attached hydrogens (tertiary/aromatic N) is 3. The van der Waals surface area contributed by atoms with E-state index in [2.05, 4.69) is 0 Å². The van der Waals surface area contributed by atoms with Crippen molar-refractivity contribution in [3.63, 3.8) is 0 Å². The van der Waals surface area contributed by atoms with Gasteiger partial charge in [-0.05, 0) is 19.1 Å². The molecule has 6 nitrogen and oxygen atoms in total. The van der Waals surface area contributed by atoms with Crippen molar-refractivity contribution in [3.8, 4) is 0 Å². The van der Waals surface area contributed by atoms with Crippen LogP contribution in [0.5, 0.6) is 0 Å². The number of aromatic nitrogens is 2. The minimum Gasteiger partial charge on any atom is -0.347 e. The van der Waals surface area contributed by atoms with Crippen LogP contribution >= 0.6 is 0 Å². The Morgan fingerprint density at radius 1 is 1.15 bits per heavy atom. The number of para-hydroxylation sites is 1. The number of carbonyl (C=O) groups excluding carboxylic acids is 1.